The number of sulfonamides is 1. The molecule has 0 aliphatic carbocycles. The van der Waals surface area contributed by atoms with Gasteiger partial charge in [0.2, 0.25) is 15.9 Å². The minimum absolute atomic E-state index is 0.104. The normalized spacial score (nSPS) is 19.2. The van der Waals surface area contributed by atoms with Gasteiger partial charge in [-0.15, -0.1) is 0 Å². The fourth-order valence-electron chi connectivity index (χ4n) is 3.44. The number of amides is 1. The molecule has 1 unspecified atom stereocenters. The van der Waals surface area contributed by atoms with Crippen LogP contribution in [0.4, 0.5) is 5.69 Å². The summed E-state index contributed by atoms with van der Waals surface area (Å²) in [7, 11) is -1.29. The van der Waals surface area contributed by atoms with Crippen molar-refractivity contribution in [1.29, 1.82) is 0 Å². The van der Waals surface area contributed by atoms with Crippen LogP contribution < -0.4 is 5.32 Å². The second-order valence-electron chi connectivity index (χ2n) is 6.67. The van der Waals surface area contributed by atoms with E-state index >= 15 is 0 Å². The highest BCUT2D eigenvalue weighted by Gasteiger charge is 2.32. The maximum atomic E-state index is 12.7. The van der Waals surface area contributed by atoms with Crippen LogP contribution in [-0.2, 0) is 21.9 Å². The molecular formula is C18H25N3O3S. The highest BCUT2D eigenvalue weighted by atomic mass is 32.2. The minimum Gasteiger partial charge on any atom is -0.350 e. The molecular weight excluding hydrogens is 338 g/mol. The number of nitrogens with zero attached hydrogens (tertiary/aromatic N) is 2. The number of piperidine rings is 1. The van der Waals surface area contributed by atoms with Crippen LogP contribution in [0.25, 0.3) is 10.9 Å². The summed E-state index contributed by atoms with van der Waals surface area (Å²) in [6, 6.07) is 7.78. The molecule has 1 amide bonds. The molecule has 1 fully saturated rings. The molecule has 6 nitrogen and oxygen atoms in total. The molecule has 2 aromatic rings. The van der Waals surface area contributed by atoms with Crippen molar-refractivity contribution < 1.29 is 13.2 Å². The molecule has 7 heteroatoms. The van der Waals surface area contributed by atoms with Gasteiger partial charge in [0.1, 0.15) is 0 Å². The fourth-order valence-corrected chi connectivity index (χ4v) is 5.03. The molecule has 0 radical (unpaired) electrons. The van der Waals surface area contributed by atoms with Crippen molar-refractivity contribution in [1.82, 2.24) is 8.87 Å². The van der Waals surface area contributed by atoms with Crippen LogP contribution >= 0.6 is 0 Å². The third kappa shape index (κ3) is 3.72. The third-order valence-electron chi connectivity index (χ3n) is 4.80. The summed E-state index contributed by atoms with van der Waals surface area (Å²) in [5.74, 6) is -0.267. The summed E-state index contributed by atoms with van der Waals surface area (Å²) in [5, 5.41) is 3.99. The predicted molar refractivity (Wildman–Crippen MR) is 99.9 cm³/mol. The zero-order chi connectivity index (χ0) is 18.0. The van der Waals surface area contributed by atoms with Gasteiger partial charge in [-0.1, -0.05) is 13.0 Å². The van der Waals surface area contributed by atoms with Gasteiger partial charge in [-0.2, -0.15) is 0 Å². The lowest BCUT2D eigenvalue weighted by Gasteiger charge is -2.31. The minimum atomic E-state index is -3.25. The quantitative estimate of drug-likeness (QED) is 0.887. The average Bonchev–Trinajstić information content (AvgIpc) is 2.97. The number of carbonyl (C=O) groups excluding carboxylic acids is 1. The van der Waals surface area contributed by atoms with E-state index in [9.17, 15) is 13.2 Å². The molecule has 1 N–H and O–H groups in total. The Morgan fingerprint density at radius 1 is 1.32 bits per heavy atom. The Kier molecular flexibility index (Phi) is 5.15. The number of anilines is 1. The van der Waals surface area contributed by atoms with Crippen LogP contribution in [0.5, 0.6) is 0 Å². The van der Waals surface area contributed by atoms with Crippen LogP contribution in [0.1, 0.15) is 26.2 Å². The maximum absolute atomic E-state index is 12.7. The second kappa shape index (κ2) is 7.17. The van der Waals surface area contributed by atoms with Crippen LogP contribution in [0.3, 0.4) is 0 Å². The van der Waals surface area contributed by atoms with E-state index < -0.39 is 10.0 Å². The Morgan fingerprint density at radius 3 is 2.88 bits per heavy atom. The fraction of sp³-hybridized carbons (Fsp3) is 0.500. The molecule has 1 aromatic heterocycles. The largest absolute Gasteiger partial charge is 0.350 e. The topological polar surface area (TPSA) is 71.4 Å². The molecule has 1 aromatic carbocycles. The molecule has 3 rings (SSSR count). The lowest BCUT2D eigenvalue weighted by atomic mass is 9.98. The lowest BCUT2D eigenvalue weighted by Crippen LogP contribution is -2.44. The monoisotopic (exact) mass is 363 g/mol. The maximum Gasteiger partial charge on any atom is 0.228 e. The number of fused-ring (bicyclic) bond motifs is 1. The van der Waals surface area contributed by atoms with Crippen molar-refractivity contribution in [3.8, 4) is 0 Å². The zero-order valence-electron chi connectivity index (χ0n) is 14.7. The molecule has 0 saturated carbocycles. The van der Waals surface area contributed by atoms with Gasteiger partial charge in [0.05, 0.1) is 17.4 Å². The first-order chi connectivity index (χ1) is 11.9. The molecule has 136 valence electrons. The van der Waals surface area contributed by atoms with E-state index in [1.165, 1.54) is 4.31 Å². The van der Waals surface area contributed by atoms with Crippen LogP contribution in [-0.4, -0.2) is 42.0 Å². The third-order valence-corrected chi connectivity index (χ3v) is 6.84. The van der Waals surface area contributed by atoms with Gasteiger partial charge < -0.3 is 9.88 Å². The standard InChI is InChI=1S/C18H25N3O3S/c1-3-12-25(23,24)21-10-5-6-14(13-21)18(22)19-16-7-4-8-17-15(16)9-11-20(17)2/h4,7-9,11,14H,3,5-6,10,12-13H2,1-2H3,(H,19,22). The molecule has 0 spiro atoms. The average molecular weight is 363 g/mol. The molecule has 1 saturated heterocycles. The number of rotatable bonds is 5. The number of carbonyl (C=O) groups is 1. The van der Waals surface area contributed by atoms with Crippen molar-refractivity contribution >= 4 is 32.5 Å². The number of aromatic nitrogens is 1. The molecule has 0 bridgehead atoms. The summed E-state index contributed by atoms with van der Waals surface area (Å²) in [5.41, 5.74) is 1.82. The van der Waals surface area contributed by atoms with Gasteiger partial charge in [-0.05, 0) is 37.5 Å². The van der Waals surface area contributed by atoms with E-state index in [-0.39, 0.29) is 24.1 Å². The second-order valence-corrected chi connectivity index (χ2v) is 8.76. The van der Waals surface area contributed by atoms with E-state index in [1.807, 2.05) is 49.0 Å². The molecule has 1 aliphatic rings. The van der Waals surface area contributed by atoms with Crippen molar-refractivity contribution in [3.63, 3.8) is 0 Å². The number of hydrogen-bond acceptors (Lipinski definition) is 3. The van der Waals surface area contributed by atoms with Gasteiger partial charge in [0.15, 0.2) is 0 Å². The van der Waals surface area contributed by atoms with Crippen molar-refractivity contribution in [2.45, 2.75) is 26.2 Å². The van der Waals surface area contributed by atoms with Crippen LogP contribution in [0.2, 0.25) is 0 Å². The van der Waals surface area contributed by atoms with Crippen LogP contribution in [0, 0.1) is 5.92 Å². The Bertz CT molecular complexity index is 873. The number of nitrogens with one attached hydrogen (secondary N) is 1. The van der Waals surface area contributed by atoms with Gasteiger partial charge in [-0.3, -0.25) is 4.79 Å². The summed E-state index contributed by atoms with van der Waals surface area (Å²) >= 11 is 0. The SMILES string of the molecule is CCCS(=O)(=O)N1CCCC(C(=O)Nc2cccc3c2ccn3C)C1. The predicted octanol–water partition coefficient (Wildman–Crippen LogP) is 2.57. The molecule has 2 heterocycles. The van der Waals surface area contributed by atoms with Gasteiger partial charge in [0, 0.05) is 37.2 Å². The van der Waals surface area contributed by atoms with Crippen molar-refractivity contribution in [3.05, 3.63) is 30.5 Å². The number of aryl methyl sites for hydroxylation is 1. The smallest absolute Gasteiger partial charge is 0.228 e. The summed E-state index contributed by atoms with van der Waals surface area (Å²) in [4.78, 5) is 12.7. The van der Waals surface area contributed by atoms with E-state index in [4.69, 9.17) is 0 Å². The number of hydrogen-bond donors (Lipinski definition) is 1. The summed E-state index contributed by atoms with van der Waals surface area (Å²) < 4.78 is 28.0. The van der Waals surface area contributed by atoms with Gasteiger partial charge >= 0.3 is 0 Å². The molecule has 1 atom stereocenters. The summed E-state index contributed by atoms with van der Waals surface area (Å²) in [6.07, 6.45) is 3.98. The first-order valence-electron chi connectivity index (χ1n) is 8.75. The Hall–Kier alpha value is -1.86. The Labute approximate surface area is 148 Å². The van der Waals surface area contributed by atoms with Gasteiger partial charge in [-0.25, -0.2) is 12.7 Å². The summed E-state index contributed by atoms with van der Waals surface area (Å²) in [6.45, 7) is 2.64. The first-order valence-corrected chi connectivity index (χ1v) is 10.4. The highest BCUT2D eigenvalue weighted by Crippen LogP contribution is 2.26. The first kappa shape index (κ1) is 17.9. The van der Waals surface area contributed by atoms with Crippen molar-refractivity contribution in [2.75, 3.05) is 24.2 Å². The number of benzene rings is 1. The van der Waals surface area contributed by atoms with E-state index in [1.54, 1.807) is 0 Å². The highest BCUT2D eigenvalue weighted by molar-refractivity contribution is 7.89. The Morgan fingerprint density at radius 2 is 2.12 bits per heavy atom. The van der Waals surface area contributed by atoms with Gasteiger partial charge in [0.25, 0.3) is 0 Å². The zero-order valence-corrected chi connectivity index (χ0v) is 15.6. The van der Waals surface area contributed by atoms with Crippen LogP contribution in [0.15, 0.2) is 30.5 Å². The van der Waals surface area contributed by atoms with E-state index in [2.05, 4.69) is 5.32 Å². The van der Waals surface area contributed by atoms with E-state index in [0.717, 1.165) is 29.4 Å². The van der Waals surface area contributed by atoms with Crippen molar-refractivity contribution in [2.24, 2.45) is 13.0 Å². The molecule has 25 heavy (non-hydrogen) atoms. The van der Waals surface area contributed by atoms with E-state index in [0.29, 0.717) is 13.0 Å². The lowest BCUT2D eigenvalue weighted by molar-refractivity contribution is -0.120. The molecule has 1 aliphatic heterocycles. The Balaban J connectivity index is 1.74.